The largest absolute Gasteiger partial charge is 0.342 e. The van der Waals surface area contributed by atoms with Crippen molar-refractivity contribution in [3.63, 3.8) is 0 Å². The predicted molar refractivity (Wildman–Crippen MR) is 160 cm³/mol. The van der Waals surface area contributed by atoms with Gasteiger partial charge in [-0.1, -0.05) is 63.2 Å². The van der Waals surface area contributed by atoms with E-state index in [-0.39, 0.29) is 5.92 Å². The number of benzene rings is 5. The lowest BCUT2D eigenvalue weighted by Gasteiger charge is -2.10. The molecule has 0 amide bonds. The number of nitrogens with one attached hydrogen (secondary N) is 2. The van der Waals surface area contributed by atoms with E-state index in [2.05, 4.69) is 96.6 Å². The van der Waals surface area contributed by atoms with Gasteiger partial charge in [-0.3, -0.25) is 5.10 Å². The molecule has 3 heterocycles. The van der Waals surface area contributed by atoms with E-state index in [1.807, 2.05) is 12.4 Å². The molecule has 5 aromatic carbocycles. The van der Waals surface area contributed by atoms with E-state index in [1.165, 1.54) is 32.7 Å². The number of hydrogen-bond acceptors (Lipinski definition) is 4. The lowest BCUT2D eigenvalue weighted by molar-refractivity contribution is 0.799. The molecule has 0 aliphatic carbocycles. The highest BCUT2D eigenvalue weighted by Crippen LogP contribution is 2.38. The fraction of sp³-hybridized carbons (Fsp3) is 0.152. The van der Waals surface area contributed by atoms with Crippen LogP contribution in [0.25, 0.3) is 76.3 Å². The minimum atomic E-state index is 0.261. The van der Waals surface area contributed by atoms with E-state index in [4.69, 9.17) is 15.0 Å². The van der Waals surface area contributed by atoms with Crippen molar-refractivity contribution in [2.24, 2.45) is 0 Å². The Morgan fingerprint density at radius 3 is 2.21 bits per heavy atom. The molecule has 188 valence electrons. The van der Waals surface area contributed by atoms with E-state index >= 15 is 0 Å². The first kappa shape index (κ1) is 22.2. The smallest absolute Gasteiger partial charge is 0.132 e. The second kappa shape index (κ2) is 8.08. The van der Waals surface area contributed by atoms with Crippen LogP contribution in [-0.2, 0) is 6.42 Å². The van der Waals surface area contributed by atoms with E-state index in [0.717, 1.165) is 61.7 Å². The highest BCUT2D eigenvalue weighted by Gasteiger charge is 2.17. The topological polar surface area (TPSA) is 83.1 Å². The van der Waals surface area contributed by atoms with Crippen LogP contribution >= 0.6 is 0 Å². The molecular formula is C33H26N6. The van der Waals surface area contributed by atoms with Crippen molar-refractivity contribution in [3.05, 3.63) is 84.7 Å². The maximum absolute atomic E-state index is 4.93. The zero-order valence-corrected chi connectivity index (χ0v) is 22.0. The fourth-order valence-electron chi connectivity index (χ4n) is 5.93. The van der Waals surface area contributed by atoms with Crippen LogP contribution in [-0.4, -0.2) is 30.1 Å². The van der Waals surface area contributed by atoms with Crippen molar-refractivity contribution in [2.45, 2.75) is 33.1 Å². The third-order valence-corrected chi connectivity index (χ3v) is 7.96. The van der Waals surface area contributed by atoms with Gasteiger partial charge < -0.3 is 4.98 Å². The molecular weight excluding hydrogens is 480 g/mol. The quantitative estimate of drug-likeness (QED) is 0.237. The number of hydrogen-bond donors (Lipinski definition) is 2. The molecule has 0 spiro atoms. The van der Waals surface area contributed by atoms with E-state index in [1.54, 1.807) is 0 Å². The summed E-state index contributed by atoms with van der Waals surface area (Å²) in [5.41, 5.74) is 6.36. The Morgan fingerprint density at radius 1 is 0.667 bits per heavy atom. The number of imidazole rings is 2. The lowest BCUT2D eigenvalue weighted by atomic mass is 9.94. The van der Waals surface area contributed by atoms with Crippen LogP contribution in [0, 0.1) is 0 Å². The summed E-state index contributed by atoms with van der Waals surface area (Å²) in [5.74, 6) is 2.16. The molecule has 0 aliphatic heterocycles. The Morgan fingerprint density at radius 2 is 1.38 bits per heavy atom. The number of nitrogens with zero attached hydrogens (tertiary/aromatic N) is 4. The first-order valence-corrected chi connectivity index (χ1v) is 13.5. The van der Waals surface area contributed by atoms with Gasteiger partial charge in [0, 0.05) is 40.1 Å². The Balaban J connectivity index is 1.33. The zero-order chi connectivity index (χ0) is 26.2. The van der Waals surface area contributed by atoms with Gasteiger partial charge in [0.05, 0.1) is 22.7 Å². The summed E-state index contributed by atoms with van der Waals surface area (Å²) in [6.07, 6.45) is 4.73. The fourth-order valence-corrected chi connectivity index (χ4v) is 5.93. The first-order chi connectivity index (χ1) is 19.1. The van der Waals surface area contributed by atoms with E-state index < -0.39 is 0 Å². The Kier molecular flexibility index (Phi) is 4.59. The van der Waals surface area contributed by atoms with E-state index in [9.17, 15) is 0 Å². The van der Waals surface area contributed by atoms with Gasteiger partial charge in [0.15, 0.2) is 0 Å². The molecule has 0 bridgehead atoms. The monoisotopic (exact) mass is 506 g/mol. The molecule has 0 saturated carbocycles. The van der Waals surface area contributed by atoms with Gasteiger partial charge in [0.25, 0.3) is 0 Å². The highest BCUT2D eigenvalue weighted by molar-refractivity contribution is 6.23. The van der Waals surface area contributed by atoms with Gasteiger partial charge in [-0.2, -0.15) is 5.10 Å². The number of aromatic nitrogens is 6. The minimum Gasteiger partial charge on any atom is -0.342 e. The molecule has 6 heteroatoms. The van der Waals surface area contributed by atoms with Crippen LogP contribution < -0.4 is 0 Å². The average Bonchev–Trinajstić information content (AvgIpc) is 3.62. The molecule has 6 nitrogen and oxygen atoms in total. The predicted octanol–water partition coefficient (Wildman–Crippen LogP) is 8.19. The molecule has 39 heavy (non-hydrogen) atoms. The number of fused-ring (bicyclic) bond motifs is 11. The summed E-state index contributed by atoms with van der Waals surface area (Å²) in [7, 11) is 0. The second-order valence-electron chi connectivity index (χ2n) is 10.6. The van der Waals surface area contributed by atoms with Crippen molar-refractivity contribution in [1.82, 2.24) is 30.1 Å². The zero-order valence-electron chi connectivity index (χ0n) is 22.0. The average molecular weight is 507 g/mol. The van der Waals surface area contributed by atoms with Gasteiger partial charge >= 0.3 is 0 Å². The van der Waals surface area contributed by atoms with Crippen molar-refractivity contribution in [2.75, 3.05) is 0 Å². The standard InChI is InChI=1S/C33H26N6/c1-4-29-36-28-12-11-22-21-8-5-18(13-20(21)7-10-23(22)30(28)37-29)19-6-9-24-25(14-19)26-15-34-35-16-27(26)32-31(24)38-33(39-32)17(2)3/h5-17,34H,4H2,1-3H3,(H,36,37). The SMILES string of the molecule is CCc1nc2c(ccc3c4ccc(-c5ccc6c(c5)c5c[nH]ncc5c5nc(C(C)C)nc65)cc4ccc32)[nH]1. The van der Waals surface area contributed by atoms with Gasteiger partial charge in [0.1, 0.15) is 17.2 Å². The van der Waals surface area contributed by atoms with Gasteiger partial charge in [-0.25, -0.2) is 15.0 Å². The van der Waals surface area contributed by atoms with Crippen LogP contribution in [0.2, 0.25) is 0 Å². The van der Waals surface area contributed by atoms with Gasteiger partial charge in [-0.05, 0) is 50.9 Å². The van der Waals surface area contributed by atoms with Gasteiger partial charge in [-0.15, -0.1) is 0 Å². The van der Waals surface area contributed by atoms with E-state index in [0.29, 0.717) is 0 Å². The summed E-state index contributed by atoms with van der Waals surface area (Å²) in [5, 5.41) is 16.6. The van der Waals surface area contributed by atoms with Crippen LogP contribution in [0.5, 0.6) is 0 Å². The second-order valence-corrected chi connectivity index (χ2v) is 10.6. The molecule has 0 unspecified atom stereocenters. The number of aromatic amines is 2. The van der Waals surface area contributed by atoms with Gasteiger partial charge in [0.2, 0.25) is 0 Å². The molecule has 0 fully saturated rings. The Hall–Kier alpha value is -4.84. The number of H-pyrrole nitrogens is 2. The first-order valence-electron chi connectivity index (χ1n) is 13.5. The molecule has 0 saturated heterocycles. The molecule has 0 radical (unpaired) electrons. The summed E-state index contributed by atoms with van der Waals surface area (Å²) in [4.78, 5) is 18.1. The summed E-state index contributed by atoms with van der Waals surface area (Å²) >= 11 is 0. The molecule has 8 aromatic rings. The third-order valence-electron chi connectivity index (χ3n) is 7.96. The van der Waals surface area contributed by atoms with Crippen LogP contribution in [0.15, 0.2) is 73.1 Å². The lowest BCUT2D eigenvalue weighted by Crippen LogP contribution is -1.88. The van der Waals surface area contributed by atoms with Crippen LogP contribution in [0.4, 0.5) is 0 Å². The third kappa shape index (κ3) is 3.21. The summed E-state index contributed by atoms with van der Waals surface area (Å²) < 4.78 is 0. The number of aryl methyl sites for hydroxylation is 1. The molecule has 2 N–H and O–H groups in total. The number of rotatable bonds is 3. The normalized spacial score (nSPS) is 12.3. The summed E-state index contributed by atoms with van der Waals surface area (Å²) in [6, 6.07) is 22.2. The minimum absolute atomic E-state index is 0.261. The maximum atomic E-state index is 4.93. The molecule has 0 aliphatic rings. The Bertz CT molecular complexity index is 2250. The highest BCUT2D eigenvalue weighted by atomic mass is 15.1. The van der Waals surface area contributed by atoms with Crippen molar-refractivity contribution >= 4 is 65.2 Å². The van der Waals surface area contributed by atoms with Crippen LogP contribution in [0.3, 0.4) is 0 Å². The van der Waals surface area contributed by atoms with Crippen LogP contribution in [0.1, 0.15) is 38.3 Å². The van der Waals surface area contributed by atoms with Crippen molar-refractivity contribution in [3.8, 4) is 11.1 Å². The molecule has 8 rings (SSSR count). The molecule has 0 atom stereocenters. The molecule has 3 aromatic heterocycles. The maximum Gasteiger partial charge on any atom is 0.132 e. The summed E-state index contributed by atoms with van der Waals surface area (Å²) in [6.45, 7) is 6.39. The Labute approximate surface area is 224 Å². The van der Waals surface area contributed by atoms with Crippen molar-refractivity contribution in [1.29, 1.82) is 0 Å². The van der Waals surface area contributed by atoms with Crippen molar-refractivity contribution < 1.29 is 0 Å².